The molecule has 27 heavy (non-hydrogen) atoms. The zero-order chi connectivity index (χ0) is 19.4. The summed E-state index contributed by atoms with van der Waals surface area (Å²) >= 11 is 0. The molecule has 1 aliphatic rings. The lowest BCUT2D eigenvalue weighted by Gasteiger charge is -2.33. The summed E-state index contributed by atoms with van der Waals surface area (Å²) in [5, 5.41) is 7.22. The van der Waals surface area contributed by atoms with Crippen LogP contribution in [-0.2, 0) is 9.59 Å². The van der Waals surface area contributed by atoms with Gasteiger partial charge in [-0.05, 0) is 37.5 Å². The third-order valence-electron chi connectivity index (χ3n) is 5.11. The molecular weight excluding hydrogens is 342 g/mol. The minimum atomic E-state index is -0.0716. The van der Waals surface area contributed by atoms with Gasteiger partial charge in [-0.15, -0.1) is 0 Å². The molecule has 0 radical (unpaired) electrons. The Kier molecular flexibility index (Phi) is 5.88. The number of hydrogen-bond donors (Lipinski definition) is 1. The van der Waals surface area contributed by atoms with Gasteiger partial charge in [0, 0.05) is 24.9 Å². The fourth-order valence-corrected chi connectivity index (χ4v) is 3.40. The molecule has 7 heteroatoms. The number of likely N-dealkylation sites (tertiary alicyclic amines) is 1. The van der Waals surface area contributed by atoms with Gasteiger partial charge in [0.15, 0.2) is 0 Å². The third-order valence-corrected chi connectivity index (χ3v) is 5.11. The van der Waals surface area contributed by atoms with E-state index in [1.165, 1.54) is 6.33 Å². The van der Waals surface area contributed by atoms with E-state index in [2.05, 4.69) is 15.4 Å². The maximum absolute atomic E-state index is 12.6. The van der Waals surface area contributed by atoms with Crippen molar-refractivity contribution in [2.24, 2.45) is 11.8 Å². The summed E-state index contributed by atoms with van der Waals surface area (Å²) < 4.78 is 1.69. The molecule has 0 spiro atoms. The Hall–Kier alpha value is -2.70. The minimum absolute atomic E-state index is 0.0101. The molecule has 1 N–H and O–H groups in total. The number of carbonyl (C=O) groups is 2. The lowest BCUT2D eigenvalue weighted by molar-refractivity contribution is -0.138. The number of benzene rings is 1. The van der Waals surface area contributed by atoms with Gasteiger partial charge in [-0.3, -0.25) is 9.59 Å². The summed E-state index contributed by atoms with van der Waals surface area (Å²) in [5.41, 5.74) is 1.97. The van der Waals surface area contributed by atoms with Crippen LogP contribution < -0.4 is 5.32 Å². The predicted octanol–water partition coefficient (Wildman–Crippen LogP) is 2.34. The quantitative estimate of drug-likeness (QED) is 0.877. The first-order chi connectivity index (χ1) is 13.0. The Morgan fingerprint density at radius 1 is 1.11 bits per heavy atom. The summed E-state index contributed by atoms with van der Waals surface area (Å²) in [6, 6.07) is 7.83. The molecule has 0 bridgehead atoms. The number of hydrogen-bond acceptors (Lipinski definition) is 4. The molecule has 1 atom stereocenters. The van der Waals surface area contributed by atoms with Gasteiger partial charge >= 0.3 is 0 Å². The molecule has 3 rings (SSSR count). The second-order valence-corrected chi connectivity index (χ2v) is 7.42. The van der Waals surface area contributed by atoms with E-state index in [0.717, 1.165) is 24.1 Å². The van der Waals surface area contributed by atoms with Crippen molar-refractivity contribution in [3.8, 4) is 5.69 Å². The Morgan fingerprint density at radius 3 is 2.33 bits per heavy atom. The van der Waals surface area contributed by atoms with Crippen molar-refractivity contribution in [2.45, 2.75) is 39.7 Å². The van der Waals surface area contributed by atoms with Gasteiger partial charge < -0.3 is 10.2 Å². The topological polar surface area (TPSA) is 80.1 Å². The molecule has 1 aromatic heterocycles. The number of nitrogens with one attached hydrogen (secondary N) is 1. The standard InChI is InChI=1S/C20H27N5O2/c1-14(2)20(27)24-10-8-17(9-11-24)19(26)23-15(3)16-4-6-18(7-5-16)25-13-21-12-22-25/h4-7,12-15,17H,8-11H2,1-3H3,(H,23,26). The van der Waals surface area contributed by atoms with Crippen LogP contribution in [0.3, 0.4) is 0 Å². The fourth-order valence-electron chi connectivity index (χ4n) is 3.40. The molecule has 0 saturated carbocycles. The summed E-state index contributed by atoms with van der Waals surface area (Å²) in [6.07, 6.45) is 4.60. The smallest absolute Gasteiger partial charge is 0.225 e. The Labute approximate surface area is 159 Å². The van der Waals surface area contributed by atoms with E-state index >= 15 is 0 Å². The Bertz CT molecular complexity index is 762. The normalized spacial score (nSPS) is 16.4. The molecule has 1 saturated heterocycles. The van der Waals surface area contributed by atoms with Crippen LogP contribution in [0.1, 0.15) is 45.2 Å². The monoisotopic (exact) mass is 369 g/mol. The zero-order valence-corrected chi connectivity index (χ0v) is 16.1. The lowest BCUT2D eigenvalue weighted by Crippen LogP contribution is -2.44. The number of aromatic nitrogens is 3. The van der Waals surface area contributed by atoms with Crippen molar-refractivity contribution in [1.29, 1.82) is 0 Å². The largest absolute Gasteiger partial charge is 0.349 e. The van der Waals surface area contributed by atoms with Crippen molar-refractivity contribution in [3.63, 3.8) is 0 Å². The van der Waals surface area contributed by atoms with Crippen molar-refractivity contribution >= 4 is 11.8 Å². The molecule has 1 unspecified atom stereocenters. The van der Waals surface area contributed by atoms with E-state index in [4.69, 9.17) is 0 Å². The van der Waals surface area contributed by atoms with Crippen LogP contribution in [0.25, 0.3) is 5.69 Å². The highest BCUT2D eigenvalue weighted by Gasteiger charge is 2.28. The van der Waals surface area contributed by atoms with Gasteiger partial charge in [-0.1, -0.05) is 26.0 Å². The highest BCUT2D eigenvalue weighted by atomic mass is 16.2. The predicted molar refractivity (Wildman–Crippen MR) is 102 cm³/mol. The first-order valence-electron chi connectivity index (χ1n) is 9.50. The van der Waals surface area contributed by atoms with Gasteiger partial charge in [0.1, 0.15) is 12.7 Å². The zero-order valence-electron chi connectivity index (χ0n) is 16.1. The molecule has 0 aliphatic carbocycles. The third kappa shape index (κ3) is 4.53. The minimum Gasteiger partial charge on any atom is -0.349 e. The number of carbonyl (C=O) groups excluding carboxylic acids is 2. The van der Waals surface area contributed by atoms with E-state index in [9.17, 15) is 9.59 Å². The maximum Gasteiger partial charge on any atom is 0.225 e. The summed E-state index contributed by atoms with van der Waals surface area (Å²) in [6.45, 7) is 7.14. The summed E-state index contributed by atoms with van der Waals surface area (Å²) in [7, 11) is 0. The van der Waals surface area contributed by atoms with E-state index < -0.39 is 0 Å². The van der Waals surface area contributed by atoms with Crippen molar-refractivity contribution < 1.29 is 9.59 Å². The van der Waals surface area contributed by atoms with E-state index in [0.29, 0.717) is 13.1 Å². The highest BCUT2D eigenvalue weighted by Crippen LogP contribution is 2.21. The van der Waals surface area contributed by atoms with Crippen LogP contribution in [-0.4, -0.2) is 44.6 Å². The second kappa shape index (κ2) is 8.33. The van der Waals surface area contributed by atoms with E-state index in [1.54, 1.807) is 11.0 Å². The van der Waals surface area contributed by atoms with Crippen LogP contribution in [0.15, 0.2) is 36.9 Å². The number of rotatable bonds is 5. The van der Waals surface area contributed by atoms with Crippen LogP contribution in [0.4, 0.5) is 0 Å². The van der Waals surface area contributed by atoms with E-state index in [1.807, 2.05) is 49.9 Å². The summed E-state index contributed by atoms with van der Waals surface area (Å²) in [5.74, 6) is 0.225. The van der Waals surface area contributed by atoms with Crippen molar-refractivity contribution in [1.82, 2.24) is 25.0 Å². The molecular formula is C20H27N5O2. The Morgan fingerprint density at radius 2 is 1.78 bits per heavy atom. The van der Waals surface area contributed by atoms with Gasteiger partial charge in [0.2, 0.25) is 11.8 Å². The fraction of sp³-hybridized carbons (Fsp3) is 0.500. The summed E-state index contributed by atoms with van der Waals surface area (Å²) in [4.78, 5) is 30.5. The molecule has 2 heterocycles. The van der Waals surface area contributed by atoms with Crippen LogP contribution in [0.5, 0.6) is 0 Å². The number of nitrogens with zero attached hydrogens (tertiary/aromatic N) is 4. The van der Waals surface area contributed by atoms with Gasteiger partial charge in [-0.25, -0.2) is 9.67 Å². The number of piperidine rings is 1. The molecule has 1 aliphatic heterocycles. The molecule has 1 aromatic carbocycles. The lowest BCUT2D eigenvalue weighted by atomic mass is 9.94. The van der Waals surface area contributed by atoms with Crippen molar-refractivity contribution in [2.75, 3.05) is 13.1 Å². The van der Waals surface area contributed by atoms with Crippen LogP contribution >= 0.6 is 0 Å². The maximum atomic E-state index is 12.6. The second-order valence-electron chi connectivity index (χ2n) is 7.42. The first-order valence-corrected chi connectivity index (χ1v) is 9.50. The van der Waals surface area contributed by atoms with Crippen molar-refractivity contribution in [3.05, 3.63) is 42.5 Å². The van der Waals surface area contributed by atoms with Gasteiger partial charge in [-0.2, -0.15) is 5.10 Å². The van der Waals surface area contributed by atoms with Gasteiger partial charge in [0.05, 0.1) is 11.7 Å². The average Bonchev–Trinajstić information content (AvgIpc) is 3.22. The molecule has 144 valence electrons. The van der Waals surface area contributed by atoms with E-state index in [-0.39, 0.29) is 29.7 Å². The Balaban J connectivity index is 1.53. The van der Waals surface area contributed by atoms with Gasteiger partial charge in [0.25, 0.3) is 0 Å². The van der Waals surface area contributed by atoms with Crippen LogP contribution in [0.2, 0.25) is 0 Å². The first kappa shape index (κ1) is 19.1. The van der Waals surface area contributed by atoms with Crippen LogP contribution in [0, 0.1) is 11.8 Å². The molecule has 2 amide bonds. The molecule has 1 fully saturated rings. The average molecular weight is 369 g/mol. The molecule has 2 aromatic rings. The molecule has 7 nitrogen and oxygen atoms in total. The highest BCUT2D eigenvalue weighted by molar-refractivity contribution is 5.81. The SMILES string of the molecule is CC(C)C(=O)N1CCC(C(=O)NC(C)c2ccc(-n3cncn3)cc2)CC1. The number of amides is 2.